The Kier molecular flexibility index (Phi) is 4.63. The van der Waals surface area contributed by atoms with Crippen molar-refractivity contribution in [3.63, 3.8) is 0 Å². The number of carbonyl (C=O) groups is 1. The van der Waals surface area contributed by atoms with Crippen molar-refractivity contribution in [1.82, 2.24) is 0 Å². The maximum absolute atomic E-state index is 11.1. The van der Waals surface area contributed by atoms with Gasteiger partial charge in [-0.1, -0.05) is 18.2 Å². The quantitative estimate of drug-likeness (QED) is 0.605. The highest BCUT2D eigenvalue weighted by molar-refractivity contribution is 5.79. The third-order valence-electron chi connectivity index (χ3n) is 3.40. The second kappa shape index (κ2) is 6.43. The lowest BCUT2D eigenvalue weighted by Crippen LogP contribution is -2.22. The Morgan fingerprint density at radius 3 is 2.63 bits per heavy atom. The summed E-state index contributed by atoms with van der Waals surface area (Å²) in [5.74, 6) is 0.304. The Hall–Kier alpha value is -1.75. The first-order chi connectivity index (χ1) is 9.16. The zero-order valence-electron chi connectivity index (χ0n) is 10.7. The summed E-state index contributed by atoms with van der Waals surface area (Å²) >= 11 is 0. The Balaban J connectivity index is 1.83. The average molecular weight is 263 g/mol. The smallest absolute Gasteiger partial charge is 0.272 e. The monoisotopic (exact) mass is 263 g/mol. The number of carbonyl (C=O) groups excluding carboxylic acids is 1. The molecular formula is C14H17NO4. The number of rotatable bonds is 5. The van der Waals surface area contributed by atoms with E-state index in [1.807, 2.05) is 0 Å². The van der Waals surface area contributed by atoms with Gasteiger partial charge in [-0.3, -0.25) is 14.9 Å². The van der Waals surface area contributed by atoms with Gasteiger partial charge in [-0.05, 0) is 12.8 Å². The van der Waals surface area contributed by atoms with Crippen molar-refractivity contribution in [3.05, 3.63) is 39.9 Å². The van der Waals surface area contributed by atoms with Crippen LogP contribution in [0.1, 0.15) is 31.2 Å². The number of nitrogens with zero attached hydrogens (tertiary/aromatic N) is 1. The number of nitro groups is 1. The van der Waals surface area contributed by atoms with Crippen LogP contribution in [-0.2, 0) is 16.0 Å². The van der Waals surface area contributed by atoms with Gasteiger partial charge in [0.05, 0.1) is 17.6 Å². The maximum Gasteiger partial charge on any atom is 0.272 e. The van der Waals surface area contributed by atoms with Crippen LogP contribution in [0.15, 0.2) is 24.3 Å². The number of hydrogen-bond donors (Lipinski definition) is 0. The highest BCUT2D eigenvalue weighted by atomic mass is 16.6. The maximum atomic E-state index is 11.1. The minimum atomic E-state index is -0.366. The van der Waals surface area contributed by atoms with E-state index in [1.165, 1.54) is 6.07 Å². The molecule has 0 unspecified atom stereocenters. The normalized spacial score (nSPS) is 16.5. The Bertz CT molecular complexity index is 462. The summed E-state index contributed by atoms with van der Waals surface area (Å²) in [6.45, 7) is 0.462. The van der Waals surface area contributed by atoms with Gasteiger partial charge in [-0.2, -0.15) is 0 Å². The van der Waals surface area contributed by atoms with E-state index in [4.69, 9.17) is 4.74 Å². The minimum Gasteiger partial charge on any atom is -0.378 e. The molecule has 1 aliphatic rings. The molecule has 1 aromatic carbocycles. The third-order valence-corrected chi connectivity index (χ3v) is 3.40. The summed E-state index contributed by atoms with van der Waals surface area (Å²) in [7, 11) is 0. The van der Waals surface area contributed by atoms with Crippen molar-refractivity contribution in [2.45, 2.75) is 38.2 Å². The van der Waals surface area contributed by atoms with Gasteiger partial charge in [-0.25, -0.2) is 0 Å². The first-order valence-electron chi connectivity index (χ1n) is 6.52. The molecular weight excluding hydrogens is 246 g/mol. The van der Waals surface area contributed by atoms with Crippen LogP contribution < -0.4 is 0 Å². The minimum absolute atomic E-state index is 0.125. The molecule has 102 valence electrons. The molecule has 5 heteroatoms. The van der Waals surface area contributed by atoms with Gasteiger partial charge in [0, 0.05) is 30.9 Å². The second-order valence-corrected chi connectivity index (χ2v) is 4.74. The van der Waals surface area contributed by atoms with E-state index in [-0.39, 0.29) is 16.7 Å². The van der Waals surface area contributed by atoms with E-state index in [0.29, 0.717) is 37.2 Å². The summed E-state index contributed by atoms with van der Waals surface area (Å²) in [4.78, 5) is 21.6. The second-order valence-electron chi connectivity index (χ2n) is 4.74. The first kappa shape index (κ1) is 13.7. The molecule has 1 fully saturated rings. The Morgan fingerprint density at radius 2 is 1.95 bits per heavy atom. The van der Waals surface area contributed by atoms with Gasteiger partial charge < -0.3 is 4.74 Å². The molecule has 1 saturated carbocycles. The molecule has 19 heavy (non-hydrogen) atoms. The fraction of sp³-hybridized carbons (Fsp3) is 0.500. The van der Waals surface area contributed by atoms with Crippen LogP contribution in [-0.4, -0.2) is 23.4 Å². The predicted octanol–water partition coefficient (Wildman–Crippen LogP) is 2.67. The van der Waals surface area contributed by atoms with E-state index in [9.17, 15) is 14.9 Å². The standard InChI is InChI=1S/C14H17NO4/c16-12-5-7-13(8-6-12)19-10-9-11-3-1-2-4-14(11)15(17)18/h1-4,13H,5-10H2. The van der Waals surface area contributed by atoms with Gasteiger partial charge >= 0.3 is 0 Å². The van der Waals surface area contributed by atoms with Crippen LogP contribution in [0.4, 0.5) is 5.69 Å². The van der Waals surface area contributed by atoms with Gasteiger partial charge in [0.2, 0.25) is 0 Å². The number of Topliss-reactive ketones (excluding diaryl/α,β-unsaturated/α-hetero) is 1. The number of hydrogen-bond acceptors (Lipinski definition) is 4. The zero-order chi connectivity index (χ0) is 13.7. The molecule has 1 aromatic rings. The van der Waals surface area contributed by atoms with Crippen LogP contribution in [0.3, 0.4) is 0 Å². The molecule has 0 bridgehead atoms. The average Bonchev–Trinajstić information content (AvgIpc) is 2.41. The lowest BCUT2D eigenvalue weighted by molar-refractivity contribution is -0.385. The Labute approximate surface area is 111 Å². The molecule has 0 radical (unpaired) electrons. The van der Waals surface area contributed by atoms with Crippen molar-refractivity contribution >= 4 is 11.5 Å². The SMILES string of the molecule is O=C1CCC(OCCc2ccccc2[N+](=O)[O-])CC1. The van der Waals surface area contributed by atoms with Crippen molar-refractivity contribution in [2.75, 3.05) is 6.61 Å². The first-order valence-corrected chi connectivity index (χ1v) is 6.52. The highest BCUT2D eigenvalue weighted by Gasteiger charge is 2.19. The van der Waals surface area contributed by atoms with E-state index in [0.717, 1.165) is 12.8 Å². The summed E-state index contributed by atoms with van der Waals surface area (Å²) in [6, 6.07) is 6.72. The summed E-state index contributed by atoms with van der Waals surface area (Å²) < 4.78 is 5.70. The topological polar surface area (TPSA) is 69.4 Å². The van der Waals surface area contributed by atoms with E-state index < -0.39 is 0 Å². The van der Waals surface area contributed by atoms with Gasteiger partial charge in [0.25, 0.3) is 5.69 Å². The summed E-state index contributed by atoms with van der Waals surface area (Å²) in [5, 5.41) is 10.8. The van der Waals surface area contributed by atoms with Crippen LogP contribution in [0.2, 0.25) is 0 Å². The van der Waals surface area contributed by atoms with Crippen molar-refractivity contribution in [1.29, 1.82) is 0 Å². The van der Waals surface area contributed by atoms with Crippen molar-refractivity contribution in [3.8, 4) is 0 Å². The fourth-order valence-corrected chi connectivity index (χ4v) is 2.32. The number of ketones is 1. The number of ether oxygens (including phenoxy) is 1. The lowest BCUT2D eigenvalue weighted by Gasteiger charge is -2.21. The molecule has 0 aromatic heterocycles. The molecule has 0 amide bonds. The predicted molar refractivity (Wildman–Crippen MR) is 70.0 cm³/mol. The van der Waals surface area contributed by atoms with Crippen molar-refractivity contribution < 1.29 is 14.5 Å². The summed E-state index contributed by atoms with van der Waals surface area (Å²) in [6.07, 6.45) is 3.39. The molecule has 0 saturated heterocycles. The molecule has 2 rings (SSSR count). The van der Waals surface area contributed by atoms with E-state index in [1.54, 1.807) is 18.2 Å². The van der Waals surface area contributed by atoms with E-state index in [2.05, 4.69) is 0 Å². The number of para-hydroxylation sites is 1. The van der Waals surface area contributed by atoms with Crippen LogP contribution >= 0.6 is 0 Å². The zero-order valence-corrected chi connectivity index (χ0v) is 10.7. The molecule has 0 atom stereocenters. The largest absolute Gasteiger partial charge is 0.378 e. The van der Waals surface area contributed by atoms with Crippen LogP contribution in [0.5, 0.6) is 0 Å². The number of benzene rings is 1. The lowest BCUT2D eigenvalue weighted by atomic mass is 9.96. The third kappa shape index (κ3) is 3.86. The fourth-order valence-electron chi connectivity index (χ4n) is 2.32. The Morgan fingerprint density at radius 1 is 1.26 bits per heavy atom. The van der Waals surface area contributed by atoms with Crippen LogP contribution in [0, 0.1) is 10.1 Å². The van der Waals surface area contributed by atoms with Crippen LogP contribution in [0.25, 0.3) is 0 Å². The molecule has 0 heterocycles. The van der Waals surface area contributed by atoms with Gasteiger partial charge in [0.15, 0.2) is 0 Å². The van der Waals surface area contributed by atoms with Gasteiger partial charge in [0.1, 0.15) is 5.78 Å². The molecule has 5 nitrogen and oxygen atoms in total. The summed E-state index contributed by atoms with van der Waals surface area (Å²) in [5.41, 5.74) is 0.837. The van der Waals surface area contributed by atoms with Crippen molar-refractivity contribution in [2.24, 2.45) is 0 Å². The molecule has 1 aliphatic carbocycles. The van der Waals surface area contributed by atoms with E-state index >= 15 is 0 Å². The molecule has 0 spiro atoms. The molecule has 0 N–H and O–H groups in total. The highest BCUT2D eigenvalue weighted by Crippen LogP contribution is 2.20. The number of nitro benzene ring substituents is 1. The van der Waals surface area contributed by atoms with Gasteiger partial charge in [-0.15, -0.1) is 0 Å². The molecule has 0 aliphatic heterocycles.